The highest BCUT2D eigenvalue weighted by Crippen LogP contribution is 2.20. The van der Waals surface area contributed by atoms with Gasteiger partial charge >= 0.3 is 0 Å². The van der Waals surface area contributed by atoms with Gasteiger partial charge in [0.2, 0.25) is 5.91 Å². The van der Waals surface area contributed by atoms with E-state index in [1.54, 1.807) is 11.9 Å². The van der Waals surface area contributed by atoms with Crippen molar-refractivity contribution in [2.75, 3.05) is 26.8 Å². The smallest absolute Gasteiger partial charge is 0.240 e. The molecule has 2 rings (SSSR count). The third-order valence-corrected chi connectivity index (χ3v) is 3.01. The van der Waals surface area contributed by atoms with Crippen LogP contribution in [0, 0.1) is 0 Å². The molecule has 2 fully saturated rings. The Morgan fingerprint density at radius 1 is 1.57 bits per heavy atom. The maximum Gasteiger partial charge on any atom is 0.240 e. The van der Waals surface area contributed by atoms with Crippen molar-refractivity contribution in [3.8, 4) is 0 Å². The zero-order chi connectivity index (χ0) is 10.1. The molecule has 5 nitrogen and oxygen atoms in total. The number of carbonyl (C=O) groups excluding carboxylic acids is 1. The highest BCUT2D eigenvalue weighted by molar-refractivity contribution is 5.84. The maximum atomic E-state index is 11.8. The summed E-state index contributed by atoms with van der Waals surface area (Å²) in [5, 5.41) is 12.6. The van der Waals surface area contributed by atoms with Crippen LogP contribution in [0.3, 0.4) is 0 Å². The lowest BCUT2D eigenvalue weighted by Crippen LogP contribution is -2.46. The number of aliphatic hydroxyl groups is 1. The first-order valence-corrected chi connectivity index (χ1v) is 4.97. The molecule has 80 valence electrons. The number of likely N-dealkylation sites (tertiary alicyclic amines) is 1. The predicted molar refractivity (Wildman–Crippen MR) is 49.8 cm³/mol. The number of hydrogen-bond donors (Lipinski definition) is 2. The average molecular weight is 200 g/mol. The van der Waals surface area contributed by atoms with E-state index in [1.807, 2.05) is 0 Å². The van der Waals surface area contributed by atoms with E-state index < -0.39 is 6.10 Å². The second-order valence-electron chi connectivity index (χ2n) is 3.83. The topological polar surface area (TPSA) is 61.8 Å². The summed E-state index contributed by atoms with van der Waals surface area (Å²) in [5.41, 5.74) is 0. The van der Waals surface area contributed by atoms with E-state index in [0.717, 1.165) is 13.0 Å². The zero-order valence-electron chi connectivity index (χ0n) is 8.27. The monoisotopic (exact) mass is 200 g/mol. The van der Waals surface area contributed by atoms with E-state index in [9.17, 15) is 9.90 Å². The summed E-state index contributed by atoms with van der Waals surface area (Å²) in [4.78, 5) is 13.5. The summed E-state index contributed by atoms with van der Waals surface area (Å²) < 4.78 is 5.13. The minimum atomic E-state index is -0.519. The second kappa shape index (κ2) is 3.84. The molecule has 1 amide bonds. The van der Waals surface area contributed by atoms with E-state index in [4.69, 9.17) is 4.74 Å². The van der Waals surface area contributed by atoms with Crippen molar-refractivity contribution < 1.29 is 14.6 Å². The highest BCUT2D eigenvalue weighted by Gasteiger charge is 2.40. The summed E-state index contributed by atoms with van der Waals surface area (Å²) in [6.07, 6.45) is 0.299. The van der Waals surface area contributed by atoms with Crippen LogP contribution in [0.2, 0.25) is 0 Å². The van der Waals surface area contributed by atoms with Gasteiger partial charge in [-0.25, -0.2) is 0 Å². The Hall–Kier alpha value is -0.650. The SMILES string of the molecule is CNC1CCN([C@@H]2COC[C@H]2O)C1=O. The number of amides is 1. The molecule has 2 N–H and O–H groups in total. The molecule has 0 aromatic rings. The lowest BCUT2D eigenvalue weighted by Gasteiger charge is -2.25. The van der Waals surface area contributed by atoms with Gasteiger partial charge in [0, 0.05) is 6.54 Å². The molecule has 2 saturated heterocycles. The predicted octanol–water partition coefficient (Wildman–Crippen LogP) is -1.43. The van der Waals surface area contributed by atoms with Gasteiger partial charge in [-0.2, -0.15) is 0 Å². The van der Waals surface area contributed by atoms with Gasteiger partial charge in [-0.1, -0.05) is 0 Å². The summed E-state index contributed by atoms with van der Waals surface area (Å²) in [7, 11) is 1.79. The van der Waals surface area contributed by atoms with Crippen molar-refractivity contribution >= 4 is 5.91 Å². The van der Waals surface area contributed by atoms with Crippen LogP contribution in [0.4, 0.5) is 0 Å². The van der Waals surface area contributed by atoms with Gasteiger partial charge in [0.1, 0.15) is 0 Å². The molecule has 3 atom stereocenters. The molecule has 0 aliphatic carbocycles. The Labute approximate surface area is 83.0 Å². The number of hydrogen-bond acceptors (Lipinski definition) is 4. The molecule has 0 spiro atoms. The van der Waals surface area contributed by atoms with Crippen molar-refractivity contribution in [3.63, 3.8) is 0 Å². The lowest BCUT2D eigenvalue weighted by atomic mass is 10.2. The first-order valence-electron chi connectivity index (χ1n) is 4.97. The fourth-order valence-electron chi connectivity index (χ4n) is 2.13. The molecule has 0 radical (unpaired) electrons. The number of nitrogens with one attached hydrogen (secondary N) is 1. The standard InChI is InChI=1S/C9H16N2O3/c1-10-6-2-3-11(9(6)13)7-4-14-5-8(7)12/h6-8,10,12H,2-5H2,1H3/t6?,7-,8-/m1/s1. The Balaban J connectivity index is 2.02. The molecule has 14 heavy (non-hydrogen) atoms. The molecular formula is C9H16N2O3. The summed E-state index contributed by atoms with van der Waals surface area (Å²) in [5.74, 6) is 0.0852. The molecular weight excluding hydrogens is 184 g/mol. The minimum absolute atomic E-state index is 0.0807. The van der Waals surface area contributed by atoms with Crippen LogP contribution in [0.15, 0.2) is 0 Å². The van der Waals surface area contributed by atoms with Crippen LogP contribution in [0.5, 0.6) is 0 Å². The van der Waals surface area contributed by atoms with E-state index in [1.165, 1.54) is 0 Å². The molecule has 0 aromatic carbocycles. The van der Waals surface area contributed by atoms with Crippen LogP contribution in [-0.2, 0) is 9.53 Å². The summed E-state index contributed by atoms with van der Waals surface area (Å²) in [6.45, 7) is 1.53. The van der Waals surface area contributed by atoms with Crippen molar-refractivity contribution in [1.29, 1.82) is 0 Å². The zero-order valence-corrected chi connectivity index (χ0v) is 8.27. The number of carbonyl (C=O) groups is 1. The van der Waals surface area contributed by atoms with Gasteiger partial charge in [0.05, 0.1) is 31.4 Å². The molecule has 5 heteroatoms. The highest BCUT2D eigenvalue weighted by atomic mass is 16.5. The quantitative estimate of drug-likeness (QED) is 0.573. The van der Waals surface area contributed by atoms with Crippen LogP contribution in [-0.4, -0.2) is 60.9 Å². The van der Waals surface area contributed by atoms with Crippen molar-refractivity contribution in [3.05, 3.63) is 0 Å². The van der Waals surface area contributed by atoms with E-state index in [-0.39, 0.29) is 18.0 Å². The second-order valence-corrected chi connectivity index (χ2v) is 3.83. The van der Waals surface area contributed by atoms with Gasteiger partial charge in [0.15, 0.2) is 0 Å². The minimum Gasteiger partial charge on any atom is -0.388 e. The van der Waals surface area contributed by atoms with E-state index >= 15 is 0 Å². The Morgan fingerprint density at radius 2 is 2.36 bits per heavy atom. The summed E-state index contributed by atoms with van der Waals surface area (Å²) in [6, 6.07) is -0.219. The fourth-order valence-corrected chi connectivity index (χ4v) is 2.13. The number of likely N-dealkylation sites (N-methyl/N-ethyl adjacent to an activating group) is 1. The summed E-state index contributed by atoms with van der Waals surface area (Å²) >= 11 is 0. The molecule has 0 saturated carbocycles. The molecule has 2 aliphatic rings. The number of rotatable bonds is 2. The Kier molecular flexibility index (Phi) is 2.71. The largest absolute Gasteiger partial charge is 0.388 e. The average Bonchev–Trinajstić information content (AvgIpc) is 2.72. The molecule has 0 bridgehead atoms. The van der Waals surface area contributed by atoms with Crippen LogP contribution in [0.1, 0.15) is 6.42 Å². The Morgan fingerprint density at radius 3 is 2.86 bits per heavy atom. The molecule has 2 aliphatic heterocycles. The van der Waals surface area contributed by atoms with E-state index in [0.29, 0.717) is 13.2 Å². The third kappa shape index (κ3) is 1.51. The normalized spacial score (nSPS) is 38.3. The first kappa shape index (κ1) is 9.89. The number of ether oxygens (including phenoxy) is 1. The number of aliphatic hydroxyl groups excluding tert-OH is 1. The van der Waals surface area contributed by atoms with E-state index in [2.05, 4.69) is 5.32 Å². The number of nitrogens with zero attached hydrogens (tertiary/aromatic N) is 1. The van der Waals surface area contributed by atoms with Gasteiger partial charge in [-0.05, 0) is 13.5 Å². The van der Waals surface area contributed by atoms with Crippen molar-refractivity contribution in [2.45, 2.75) is 24.6 Å². The van der Waals surface area contributed by atoms with Gasteiger partial charge in [-0.15, -0.1) is 0 Å². The Bertz CT molecular complexity index is 234. The van der Waals surface area contributed by atoms with Gasteiger partial charge in [-0.3, -0.25) is 4.79 Å². The maximum absolute atomic E-state index is 11.8. The molecule has 2 heterocycles. The molecule has 1 unspecified atom stereocenters. The lowest BCUT2D eigenvalue weighted by molar-refractivity contribution is -0.132. The van der Waals surface area contributed by atoms with Gasteiger partial charge < -0.3 is 20.1 Å². The van der Waals surface area contributed by atoms with Crippen molar-refractivity contribution in [2.24, 2.45) is 0 Å². The van der Waals surface area contributed by atoms with Crippen LogP contribution in [0.25, 0.3) is 0 Å². The van der Waals surface area contributed by atoms with Gasteiger partial charge in [0.25, 0.3) is 0 Å². The molecule has 0 aromatic heterocycles. The van der Waals surface area contributed by atoms with Crippen LogP contribution >= 0.6 is 0 Å². The first-order chi connectivity index (χ1) is 6.74. The van der Waals surface area contributed by atoms with Crippen LogP contribution < -0.4 is 5.32 Å². The fraction of sp³-hybridized carbons (Fsp3) is 0.889. The third-order valence-electron chi connectivity index (χ3n) is 3.01. The van der Waals surface area contributed by atoms with Crippen molar-refractivity contribution in [1.82, 2.24) is 10.2 Å².